The van der Waals surface area contributed by atoms with Gasteiger partial charge >= 0.3 is 0 Å². The van der Waals surface area contributed by atoms with Gasteiger partial charge < -0.3 is 15.4 Å². The van der Waals surface area contributed by atoms with Gasteiger partial charge in [-0.05, 0) is 24.6 Å². The van der Waals surface area contributed by atoms with Crippen LogP contribution in [0.5, 0.6) is 0 Å². The standard InChI is InChI=1S/C13H16ClFN2O2/c1-8-4-11(14)10(5-12(8)15)13(18)17-2-3-19-9(6-16)7-17/h4-5,9H,2-3,6-7,16H2,1H3. The van der Waals surface area contributed by atoms with E-state index in [1.807, 2.05) is 0 Å². The third-order valence-electron chi connectivity index (χ3n) is 3.17. The van der Waals surface area contributed by atoms with Gasteiger partial charge in [-0.25, -0.2) is 4.39 Å². The lowest BCUT2D eigenvalue weighted by Crippen LogP contribution is -2.48. The van der Waals surface area contributed by atoms with Crippen LogP contribution in [0, 0.1) is 12.7 Å². The van der Waals surface area contributed by atoms with Gasteiger partial charge in [0, 0.05) is 19.6 Å². The maximum Gasteiger partial charge on any atom is 0.255 e. The summed E-state index contributed by atoms with van der Waals surface area (Å²) in [6.07, 6.45) is -0.174. The summed E-state index contributed by atoms with van der Waals surface area (Å²) in [5.41, 5.74) is 6.13. The van der Waals surface area contributed by atoms with Crippen LogP contribution in [0.4, 0.5) is 4.39 Å². The minimum absolute atomic E-state index is 0.174. The summed E-state index contributed by atoms with van der Waals surface area (Å²) in [5.74, 6) is -0.720. The molecule has 2 rings (SSSR count). The molecule has 1 fully saturated rings. The Morgan fingerprint density at radius 2 is 2.37 bits per heavy atom. The van der Waals surface area contributed by atoms with Gasteiger partial charge in [0.2, 0.25) is 0 Å². The topological polar surface area (TPSA) is 55.6 Å². The van der Waals surface area contributed by atoms with Crippen LogP contribution in [-0.2, 0) is 4.74 Å². The molecule has 104 valence electrons. The van der Waals surface area contributed by atoms with E-state index < -0.39 is 5.82 Å². The van der Waals surface area contributed by atoms with E-state index in [9.17, 15) is 9.18 Å². The van der Waals surface area contributed by atoms with Crippen molar-refractivity contribution in [2.24, 2.45) is 5.73 Å². The molecular weight excluding hydrogens is 271 g/mol. The number of nitrogens with zero attached hydrogens (tertiary/aromatic N) is 1. The first-order chi connectivity index (χ1) is 9.02. The first-order valence-electron chi connectivity index (χ1n) is 6.09. The van der Waals surface area contributed by atoms with E-state index >= 15 is 0 Å². The van der Waals surface area contributed by atoms with Gasteiger partial charge in [0.05, 0.1) is 23.3 Å². The Bertz CT molecular complexity index is 496. The van der Waals surface area contributed by atoms with Crippen molar-refractivity contribution >= 4 is 17.5 Å². The average molecular weight is 287 g/mol. The van der Waals surface area contributed by atoms with Crippen LogP contribution >= 0.6 is 11.6 Å². The molecule has 1 aliphatic rings. The van der Waals surface area contributed by atoms with E-state index in [0.29, 0.717) is 31.8 Å². The molecule has 4 nitrogen and oxygen atoms in total. The molecule has 1 aromatic carbocycles. The Morgan fingerprint density at radius 1 is 1.63 bits per heavy atom. The fourth-order valence-electron chi connectivity index (χ4n) is 2.03. The number of carbonyl (C=O) groups excluding carboxylic acids is 1. The first-order valence-corrected chi connectivity index (χ1v) is 6.47. The molecule has 1 saturated heterocycles. The molecule has 1 aliphatic heterocycles. The second-order valence-corrected chi connectivity index (χ2v) is 4.97. The van der Waals surface area contributed by atoms with Gasteiger partial charge in [-0.1, -0.05) is 11.6 Å². The number of hydrogen-bond acceptors (Lipinski definition) is 3. The molecule has 0 saturated carbocycles. The van der Waals surface area contributed by atoms with Crippen molar-refractivity contribution < 1.29 is 13.9 Å². The van der Waals surface area contributed by atoms with Gasteiger partial charge in [-0.2, -0.15) is 0 Å². The summed E-state index contributed by atoms with van der Waals surface area (Å²) in [6.45, 7) is 3.25. The molecule has 0 spiro atoms. The highest BCUT2D eigenvalue weighted by Gasteiger charge is 2.26. The molecule has 1 unspecified atom stereocenters. The molecule has 1 heterocycles. The molecule has 2 N–H and O–H groups in total. The molecule has 1 amide bonds. The average Bonchev–Trinajstić information content (AvgIpc) is 2.42. The zero-order valence-corrected chi connectivity index (χ0v) is 11.4. The lowest BCUT2D eigenvalue weighted by atomic mass is 10.1. The molecule has 0 aliphatic carbocycles. The van der Waals surface area contributed by atoms with E-state index in [2.05, 4.69) is 0 Å². The third kappa shape index (κ3) is 3.05. The van der Waals surface area contributed by atoms with E-state index in [0.717, 1.165) is 0 Å². The van der Waals surface area contributed by atoms with Crippen LogP contribution in [0.2, 0.25) is 5.02 Å². The first kappa shape index (κ1) is 14.2. The van der Waals surface area contributed by atoms with Crippen molar-refractivity contribution in [2.75, 3.05) is 26.2 Å². The van der Waals surface area contributed by atoms with Crippen LogP contribution in [-0.4, -0.2) is 43.2 Å². The minimum atomic E-state index is -0.434. The van der Waals surface area contributed by atoms with Gasteiger partial charge in [0.25, 0.3) is 5.91 Å². The van der Waals surface area contributed by atoms with Crippen molar-refractivity contribution in [3.05, 3.63) is 34.1 Å². The maximum absolute atomic E-state index is 13.6. The predicted molar refractivity (Wildman–Crippen MR) is 70.8 cm³/mol. The number of benzene rings is 1. The van der Waals surface area contributed by atoms with Crippen molar-refractivity contribution in [2.45, 2.75) is 13.0 Å². The van der Waals surface area contributed by atoms with Gasteiger partial charge in [0.15, 0.2) is 0 Å². The molecule has 0 aromatic heterocycles. The number of aryl methyl sites for hydroxylation is 1. The predicted octanol–water partition coefficient (Wildman–Crippen LogP) is 1.59. The summed E-state index contributed by atoms with van der Waals surface area (Å²) in [6, 6.07) is 2.65. The highest BCUT2D eigenvalue weighted by molar-refractivity contribution is 6.33. The lowest BCUT2D eigenvalue weighted by molar-refractivity contribution is -0.0167. The number of amides is 1. The zero-order chi connectivity index (χ0) is 14.0. The van der Waals surface area contributed by atoms with Crippen LogP contribution in [0.1, 0.15) is 15.9 Å². The minimum Gasteiger partial charge on any atom is -0.373 e. The summed E-state index contributed by atoms with van der Waals surface area (Å²) in [7, 11) is 0. The summed E-state index contributed by atoms with van der Waals surface area (Å²) < 4.78 is 18.9. The fraction of sp³-hybridized carbons (Fsp3) is 0.462. The van der Waals surface area contributed by atoms with Gasteiger partial charge in [-0.3, -0.25) is 4.79 Å². The lowest BCUT2D eigenvalue weighted by Gasteiger charge is -2.32. The Morgan fingerprint density at radius 3 is 3.05 bits per heavy atom. The van der Waals surface area contributed by atoms with Gasteiger partial charge in [0.1, 0.15) is 5.82 Å². The number of morpholine rings is 1. The number of hydrogen-bond donors (Lipinski definition) is 1. The van der Waals surface area contributed by atoms with Crippen LogP contribution in [0.25, 0.3) is 0 Å². The van der Waals surface area contributed by atoms with Crippen molar-refractivity contribution in [1.82, 2.24) is 4.90 Å². The third-order valence-corrected chi connectivity index (χ3v) is 3.48. The Hall–Kier alpha value is -1.17. The number of halogens is 2. The van der Waals surface area contributed by atoms with Crippen molar-refractivity contribution in [3.63, 3.8) is 0 Å². The summed E-state index contributed by atoms with van der Waals surface area (Å²) >= 11 is 6.02. The van der Waals surface area contributed by atoms with E-state index in [-0.39, 0.29) is 22.6 Å². The van der Waals surface area contributed by atoms with Crippen LogP contribution < -0.4 is 5.73 Å². The SMILES string of the molecule is Cc1cc(Cl)c(C(=O)N2CCOC(CN)C2)cc1F. The normalized spacial score (nSPS) is 19.6. The maximum atomic E-state index is 13.6. The number of carbonyl (C=O) groups is 1. The van der Waals surface area contributed by atoms with Crippen molar-refractivity contribution in [3.8, 4) is 0 Å². The fourth-order valence-corrected chi connectivity index (χ4v) is 2.33. The van der Waals surface area contributed by atoms with Crippen molar-refractivity contribution in [1.29, 1.82) is 0 Å². The van der Waals surface area contributed by atoms with E-state index in [4.69, 9.17) is 22.1 Å². The highest BCUT2D eigenvalue weighted by Crippen LogP contribution is 2.22. The van der Waals surface area contributed by atoms with E-state index in [1.54, 1.807) is 11.8 Å². The molecule has 1 atom stereocenters. The molecule has 0 bridgehead atoms. The van der Waals surface area contributed by atoms with Gasteiger partial charge in [-0.15, -0.1) is 0 Å². The molecular formula is C13H16ClFN2O2. The summed E-state index contributed by atoms with van der Waals surface area (Å²) in [5, 5.41) is 0.264. The second-order valence-electron chi connectivity index (χ2n) is 4.56. The smallest absolute Gasteiger partial charge is 0.255 e. The summed E-state index contributed by atoms with van der Waals surface area (Å²) in [4.78, 5) is 13.9. The molecule has 6 heteroatoms. The Balaban J connectivity index is 2.22. The molecule has 0 radical (unpaired) electrons. The number of ether oxygens (including phenoxy) is 1. The monoisotopic (exact) mass is 286 g/mol. The quantitative estimate of drug-likeness (QED) is 0.898. The highest BCUT2D eigenvalue weighted by atomic mass is 35.5. The second kappa shape index (κ2) is 5.86. The zero-order valence-electron chi connectivity index (χ0n) is 10.7. The Labute approximate surface area is 116 Å². The largest absolute Gasteiger partial charge is 0.373 e. The number of nitrogens with two attached hydrogens (primary N) is 1. The Kier molecular flexibility index (Phi) is 4.39. The molecule has 1 aromatic rings. The van der Waals surface area contributed by atoms with Crippen LogP contribution in [0.15, 0.2) is 12.1 Å². The number of rotatable bonds is 2. The van der Waals surface area contributed by atoms with Crippen LogP contribution in [0.3, 0.4) is 0 Å². The molecule has 19 heavy (non-hydrogen) atoms. The van der Waals surface area contributed by atoms with E-state index in [1.165, 1.54) is 12.1 Å².